The van der Waals surface area contributed by atoms with Gasteiger partial charge < -0.3 is 9.30 Å². The van der Waals surface area contributed by atoms with E-state index in [0.717, 1.165) is 0 Å². The molecule has 0 unspecified atom stereocenters. The number of carbonyl (C=O) groups is 1. The van der Waals surface area contributed by atoms with E-state index >= 15 is 0 Å². The second-order valence-electron chi connectivity index (χ2n) is 4.66. The summed E-state index contributed by atoms with van der Waals surface area (Å²) in [6.07, 6.45) is 1.54. The van der Waals surface area contributed by atoms with Crippen LogP contribution in [0.15, 0.2) is 30.5 Å². The molecule has 23 heavy (non-hydrogen) atoms. The fourth-order valence-corrected chi connectivity index (χ4v) is 3.04. The van der Waals surface area contributed by atoms with Crippen molar-refractivity contribution in [3.63, 3.8) is 0 Å². The second-order valence-corrected chi connectivity index (χ2v) is 5.84. The molecule has 118 valence electrons. The van der Waals surface area contributed by atoms with E-state index in [1.807, 2.05) is 0 Å². The summed E-state index contributed by atoms with van der Waals surface area (Å²) in [5.74, 6) is -0.00226. The average Bonchev–Trinajstić information content (AvgIpc) is 2.87. The van der Waals surface area contributed by atoms with Gasteiger partial charge in [-0.3, -0.25) is 4.79 Å². The molecule has 1 aromatic carbocycles. The van der Waals surface area contributed by atoms with Crippen LogP contribution in [0.5, 0.6) is 0 Å². The van der Waals surface area contributed by atoms with Crippen LogP contribution in [0.3, 0.4) is 0 Å². The molecule has 0 fully saturated rings. The monoisotopic (exact) mass is 369 g/mol. The van der Waals surface area contributed by atoms with Crippen molar-refractivity contribution >= 4 is 51.8 Å². The molecule has 3 aromatic rings. The molecule has 0 spiro atoms. The van der Waals surface area contributed by atoms with Gasteiger partial charge in [-0.1, -0.05) is 40.9 Å². The molecule has 5 nitrogen and oxygen atoms in total. The summed E-state index contributed by atoms with van der Waals surface area (Å²) in [5.41, 5.74) is 1.62. The largest absolute Gasteiger partial charge is 0.468 e. The summed E-state index contributed by atoms with van der Waals surface area (Å²) < 4.78 is 6.41. The van der Waals surface area contributed by atoms with E-state index < -0.39 is 5.97 Å². The lowest BCUT2D eigenvalue weighted by Gasteiger charge is -2.10. The average molecular weight is 371 g/mol. The molecule has 0 saturated heterocycles. The molecule has 0 amide bonds. The minimum Gasteiger partial charge on any atom is -0.468 e. The maximum Gasteiger partial charge on any atom is 0.325 e. The zero-order chi connectivity index (χ0) is 16.6. The van der Waals surface area contributed by atoms with Crippen molar-refractivity contribution in [2.45, 2.75) is 6.54 Å². The summed E-state index contributed by atoms with van der Waals surface area (Å²) in [5, 5.41) is 1.07. The Morgan fingerprint density at radius 1 is 1.22 bits per heavy atom. The van der Waals surface area contributed by atoms with E-state index in [2.05, 4.69) is 9.97 Å². The normalized spacial score (nSPS) is 11.0. The van der Waals surface area contributed by atoms with E-state index in [0.29, 0.717) is 32.5 Å². The van der Waals surface area contributed by atoms with Crippen molar-refractivity contribution in [1.29, 1.82) is 0 Å². The van der Waals surface area contributed by atoms with Crippen molar-refractivity contribution in [3.05, 3.63) is 45.7 Å². The molecule has 3 rings (SSSR count). The van der Waals surface area contributed by atoms with E-state index in [-0.39, 0.29) is 11.7 Å². The van der Waals surface area contributed by atoms with Gasteiger partial charge in [-0.2, -0.15) is 0 Å². The van der Waals surface area contributed by atoms with Crippen LogP contribution in [0.25, 0.3) is 22.4 Å². The SMILES string of the molecule is COC(=O)Cn1c(-c2c(Cl)cccc2Cl)nc2c(Cl)nccc21. The summed E-state index contributed by atoms with van der Waals surface area (Å²) >= 11 is 18.7. The molecule has 8 heteroatoms. The van der Waals surface area contributed by atoms with Crippen molar-refractivity contribution in [1.82, 2.24) is 14.5 Å². The van der Waals surface area contributed by atoms with Crippen LogP contribution in [0.1, 0.15) is 0 Å². The van der Waals surface area contributed by atoms with Gasteiger partial charge in [0.1, 0.15) is 17.9 Å². The van der Waals surface area contributed by atoms with Gasteiger partial charge >= 0.3 is 5.97 Å². The van der Waals surface area contributed by atoms with Gasteiger partial charge in [-0.05, 0) is 18.2 Å². The first-order valence-corrected chi connectivity index (χ1v) is 7.68. The van der Waals surface area contributed by atoms with Crippen LogP contribution in [0.2, 0.25) is 15.2 Å². The van der Waals surface area contributed by atoms with Crippen LogP contribution in [0.4, 0.5) is 0 Å². The zero-order valence-corrected chi connectivity index (χ0v) is 14.2. The maximum absolute atomic E-state index is 11.8. The van der Waals surface area contributed by atoms with Crippen LogP contribution in [-0.4, -0.2) is 27.6 Å². The number of rotatable bonds is 3. The quantitative estimate of drug-likeness (QED) is 0.511. The molecular weight excluding hydrogens is 361 g/mol. The van der Waals surface area contributed by atoms with Crippen LogP contribution in [-0.2, 0) is 16.1 Å². The number of esters is 1. The van der Waals surface area contributed by atoms with Gasteiger partial charge in [-0.25, -0.2) is 9.97 Å². The third-order valence-electron chi connectivity index (χ3n) is 3.32. The van der Waals surface area contributed by atoms with Crippen LogP contribution in [0, 0.1) is 0 Å². The lowest BCUT2D eigenvalue weighted by atomic mass is 10.2. The number of imidazole rings is 1. The number of fused-ring (bicyclic) bond motifs is 1. The number of nitrogens with zero attached hydrogens (tertiary/aromatic N) is 3. The summed E-state index contributed by atoms with van der Waals surface area (Å²) in [4.78, 5) is 20.3. The van der Waals surface area contributed by atoms with Crippen molar-refractivity contribution < 1.29 is 9.53 Å². The fraction of sp³-hybridized carbons (Fsp3) is 0.133. The first-order valence-electron chi connectivity index (χ1n) is 6.55. The fourth-order valence-electron chi connectivity index (χ4n) is 2.28. The van der Waals surface area contributed by atoms with Gasteiger partial charge in [-0.15, -0.1) is 0 Å². The first kappa shape index (κ1) is 16.1. The third kappa shape index (κ3) is 2.87. The highest BCUT2D eigenvalue weighted by atomic mass is 35.5. The van der Waals surface area contributed by atoms with E-state index in [1.165, 1.54) is 13.3 Å². The lowest BCUT2D eigenvalue weighted by Crippen LogP contribution is -2.12. The smallest absolute Gasteiger partial charge is 0.325 e. The Bertz CT molecular complexity index is 888. The van der Waals surface area contributed by atoms with Crippen molar-refractivity contribution in [2.75, 3.05) is 7.11 Å². The number of carbonyl (C=O) groups excluding carboxylic acids is 1. The Kier molecular flexibility index (Phi) is 4.43. The molecule has 0 atom stereocenters. The molecule has 0 saturated carbocycles. The highest BCUT2D eigenvalue weighted by Gasteiger charge is 2.21. The Morgan fingerprint density at radius 3 is 2.57 bits per heavy atom. The van der Waals surface area contributed by atoms with Crippen molar-refractivity contribution in [2.24, 2.45) is 0 Å². The van der Waals surface area contributed by atoms with E-state index in [4.69, 9.17) is 39.5 Å². The topological polar surface area (TPSA) is 57.0 Å². The Labute approximate surface area is 146 Å². The summed E-state index contributed by atoms with van der Waals surface area (Å²) in [7, 11) is 1.32. The minimum absolute atomic E-state index is 0.0514. The van der Waals surface area contributed by atoms with Gasteiger partial charge in [0.15, 0.2) is 5.15 Å². The Hall–Kier alpha value is -1.82. The minimum atomic E-state index is -0.429. The number of aromatic nitrogens is 3. The van der Waals surface area contributed by atoms with Crippen LogP contribution < -0.4 is 0 Å². The molecule has 0 aliphatic rings. The maximum atomic E-state index is 11.8. The number of halogens is 3. The highest BCUT2D eigenvalue weighted by molar-refractivity contribution is 6.39. The number of hydrogen-bond donors (Lipinski definition) is 0. The molecule has 0 bridgehead atoms. The van der Waals surface area contributed by atoms with E-state index in [1.54, 1.807) is 28.8 Å². The number of ether oxygens (including phenoxy) is 1. The van der Waals surface area contributed by atoms with Gasteiger partial charge in [0.25, 0.3) is 0 Å². The lowest BCUT2D eigenvalue weighted by molar-refractivity contribution is -0.141. The Balaban J connectivity index is 2.33. The third-order valence-corrected chi connectivity index (χ3v) is 4.23. The van der Waals surface area contributed by atoms with Gasteiger partial charge in [0.05, 0.1) is 28.2 Å². The summed E-state index contributed by atoms with van der Waals surface area (Å²) in [6, 6.07) is 6.84. The first-order chi connectivity index (χ1) is 11.0. The van der Waals surface area contributed by atoms with Gasteiger partial charge in [0, 0.05) is 6.20 Å². The molecular formula is C15H10Cl3N3O2. The van der Waals surface area contributed by atoms with Crippen LogP contribution >= 0.6 is 34.8 Å². The number of methoxy groups -OCH3 is 1. The predicted octanol–water partition coefficient (Wildman–Crippen LogP) is 4.23. The predicted molar refractivity (Wildman–Crippen MR) is 90.0 cm³/mol. The molecule has 0 aliphatic heterocycles. The zero-order valence-electron chi connectivity index (χ0n) is 11.9. The highest BCUT2D eigenvalue weighted by Crippen LogP contribution is 2.36. The number of hydrogen-bond acceptors (Lipinski definition) is 4. The van der Waals surface area contributed by atoms with Gasteiger partial charge in [0.2, 0.25) is 0 Å². The molecule has 0 aliphatic carbocycles. The molecule has 2 heterocycles. The molecule has 2 aromatic heterocycles. The molecule has 0 radical (unpaired) electrons. The molecule has 0 N–H and O–H groups in total. The summed E-state index contributed by atoms with van der Waals surface area (Å²) in [6.45, 7) is -0.0514. The number of pyridine rings is 1. The number of benzene rings is 1. The Morgan fingerprint density at radius 2 is 1.91 bits per heavy atom. The standard InChI is InChI=1S/C15H10Cl3N3O2/c1-23-11(22)7-21-10-5-6-19-14(18)13(10)20-15(21)12-8(16)3-2-4-9(12)17/h2-6H,7H2,1H3. The van der Waals surface area contributed by atoms with E-state index in [9.17, 15) is 4.79 Å². The second kappa shape index (κ2) is 6.35. The van der Waals surface area contributed by atoms with Crippen molar-refractivity contribution in [3.8, 4) is 11.4 Å².